The molecule has 0 saturated heterocycles. The summed E-state index contributed by atoms with van der Waals surface area (Å²) in [6.07, 6.45) is 6.35. The molecular weight excluding hydrogens is 350 g/mol. The first kappa shape index (κ1) is 18.2. The number of anilines is 1. The highest BCUT2D eigenvalue weighted by atomic mass is 16.2. The minimum Gasteiger partial charge on any atom is -0.350 e. The Kier molecular flexibility index (Phi) is 5.33. The zero-order valence-corrected chi connectivity index (χ0v) is 15.7. The fraction of sp³-hybridized carbons (Fsp3) is 0.261. The maximum Gasteiger partial charge on any atom is 0.272 e. The van der Waals surface area contributed by atoms with Gasteiger partial charge in [0.2, 0.25) is 0 Å². The molecule has 1 fully saturated rings. The molecule has 2 aromatic carbocycles. The maximum absolute atomic E-state index is 12.9. The summed E-state index contributed by atoms with van der Waals surface area (Å²) in [6.45, 7) is 0.659. The van der Waals surface area contributed by atoms with Crippen LogP contribution in [0.1, 0.15) is 46.5 Å². The van der Waals surface area contributed by atoms with Crippen molar-refractivity contribution in [2.24, 2.45) is 5.92 Å². The van der Waals surface area contributed by atoms with Crippen LogP contribution in [0.4, 0.5) is 5.69 Å². The molecule has 0 aliphatic heterocycles. The lowest BCUT2D eigenvalue weighted by atomic mass is 10.0. The highest BCUT2D eigenvalue weighted by Gasteiger charge is 2.19. The molecule has 2 N–H and O–H groups in total. The predicted octanol–water partition coefficient (Wildman–Crippen LogP) is 4.41. The Morgan fingerprint density at radius 3 is 2.57 bits per heavy atom. The summed E-state index contributed by atoms with van der Waals surface area (Å²) in [4.78, 5) is 29.7. The smallest absolute Gasteiger partial charge is 0.272 e. The Morgan fingerprint density at radius 2 is 1.71 bits per heavy atom. The second-order valence-corrected chi connectivity index (χ2v) is 7.24. The van der Waals surface area contributed by atoms with Crippen molar-refractivity contribution in [1.29, 1.82) is 0 Å². The number of nitrogens with one attached hydrogen (secondary N) is 2. The first-order chi connectivity index (χ1) is 13.7. The van der Waals surface area contributed by atoms with Crippen LogP contribution in [-0.2, 0) is 0 Å². The van der Waals surface area contributed by atoms with Crippen molar-refractivity contribution in [3.63, 3.8) is 0 Å². The minimum atomic E-state index is -0.255. The number of benzene rings is 2. The third-order valence-corrected chi connectivity index (χ3v) is 5.33. The van der Waals surface area contributed by atoms with Gasteiger partial charge in [-0.3, -0.25) is 9.59 Å². The Hall–Kier alpha value is -3.21. The van der Waals surface area contributed by atoms with E-state index >= 15 is 0 Å². The van der Waals surface area contributed by atoms with Gasteiger partial charge in [-0.1, -0.05) is 49.2 Å². The number of hydrogen-bond donors (Lipinski definition) is 2. The molecule has 5 heteroatoms. The molecule has 28 heavy (non-hydrogen) atoms. The lowest BCUT2D eigenvalue weighted by molar-refractivity contribution is 0.0943. The molecule has 0 unspecified atom stereocenters. The van der Waals surface area contributed by atoms with Gasteiger partial charge in [0.15, 0.2) is 5.69 Å². The van der Waals surface area contributed by atoms with E-state index in [1.165, 1.54) is 12.8 Å². The molecule has 5 nitrogen and oxygen atoms in total. The predicted molar refractivity (Wildman–Crippen MR) is 110 cm³/mol. The molecule has 0 radical (unpaired) electrons. The second kappa shape index (κ2) is 8.21. The number of rotatable bonds is 5. The zero-order valence-electron chi connectivity index (χ0n) is 15.7. The molecule has 1 aliphatic rings. The van der Waals surface area contributed by atoms with Gasteiger partial charge in [-0.05, 0) is 47.7 Å². The topological polar surface area (TPSA) is 71.1 Å². The number of hydrogen-bond acceptors (Lipinski definition) is 3. The van der Waals surface area contributed by atoms with Crippen molar-refractivity contribution in [2.75, 3.05) is 11.9 Å². The second-order valence-electron chi connectivity index (χ2n) is 7.24. The third-order valence-electron chi connectivity index (χ3n) is 5.33. The quantitative estimate of drug-likeness (QED) is 0.696. The average molecular weight is 373 g/mol. The van der Waals surface area contributed by atoms with Crippen LogP contribution in [0.2, 0.25) is 0 Å². The maximum atomic E-state index is 12.9. The van der Waals surface area contributed by atoms with Crippen molar-refractivity contribution in [2.45, 2.75) is 25.7 Å². The van der Waals surface area contributed by atoms with E-state index in [9.17, 15) is 9.59 Å². The molecule has 4 rings (SSSR count). The first-order valence-electron chi connectivity index (χ1n) is 9.75. The van der Waals surface area contributed by atoms with Crippen molar-refractivity contribution in [3.8, 4) is 0 Å². The van der Waals surface area contributed by atoms with Crippen LogP contribution in [0, 0.1) is 5.92 Å². The number of nitrogens with zero attached hydrogens (tertiary/aromatic N) is 1. The van der Waals surface area contributed by atoms with Crippen LogP contribution in [0.15, 0.2) is 60.8 Å². The monoisotopic (exact) mass is 373 g/mol. The molecular formula is C23H23N3O2. The van der Waals surface area contributed by atoms with Gasteiger partial charge in [-0.25, -0.2) is 4.98 Å². The molecule has 0 bridgehead atoms. The summed E-state index contributed by atoms with van der Waals surface area (Å²) < 4.78 is 0. The molecule has 142 valence electrons. The van der Waals surface area contributed by atoms with Gasteiger partial charge in [0.1, 0.15) is 0 Å². The van der Waals surface area contributed by atoms with Crippen LogP contribution in [0.5, 0.6) is 0 Å². The van der Waals surface area contributed by atoms with Gasteiger partial charge in [-0.15, -0.1) is 0 Å². The summed E-state index contributed by atoms with van der Waals surface area (Å²) >= 11 is 0. The summed E-state index contributed by atoms with van der Waals surface area (Å²) in [5.74, 6) is 0.0387. The highest BCUT2D eigenvalue weighted by molar-refractivity contribution is 6.14. The number of aromatic nitrogens is 1. The van der Waals surface area contributed by atoms with E-state index in [1.807, 2.05) is 36.4 Å². The molecule has 1 aliphatic carbocycles. The third kappa shape index (κ3) is 3.88. The summed E-state index contributed by atoms with van der Waals surface area (Å²) in [5, 5.41) is 7.71. The van der Waals surface area contributed by atoms with E-state index < -0.39 is 0 Å². The molecule has 2 amide bonds. The van der Waals surface area contributed by atoms with Crippen molar-refractivity contribution >= 4 is 28.3 Å². The van der Waals surface area contributed by atoms with Gasteiger partial charge in [0, 0.05) is 18.3 Å². The minimum absolute atomic E-state index is 0.245. The number of carbonyl (C=O) groups is 2. The van der Waals surface area contributed by atoms with Crippen LogP contribution in [-0.4, -0.2) is 23.3 Å². The van der Waals surface area contributed by atoms with E-state index in [4.69, 9.17) is 0 Å². The van der Waals surface area contributed by atoms with E-state index in [0.717, 1.165) is 23.6 Å². The van der Waals surface area contributed by atoms with Crippen molar-refractivity contribution in [3.05, 3.63) is 72.1 Å². The normalized spacial score (nSPS) is 14.1. The van der Waals surface area contributed by atoms with Crippen molar-refractivity contribution < 1.29 is 9.59 Å². The van der Waals surface area contributed by atoms with Crippen molar-refractivity contribution in [1.82, 2.24) is 10.3 Å². The fourth-order valence-electron chi connectivity index (χ4n) is 3.84. The van der Waals surface area contributed by atoms with E-state index in [-0.39, 0.29) is 17.5 Å². The van der Waals surface area contributed by atoms with Crippen LogP contribution in [0.3, 0.4) is 0 Å². The Balaban J connectivity index is 1.53. The lowest BCUT2D eigenvalue weighted by Gasteiger charge is -2.13. The number of carbonyl (C=O) groups excluding carboxylic acids is 2. The van der Waals surface area contributed by atoms with Crippen LogP contribution < -0.4 is 10.6 Å². The average Bonchev–Trinajstić information content (AvgIpc) is 3.25. The first-order valence-corrected chi connectivity index (χ1v) is 9.75. The lowest BCUT2D eigenvalue weighted by Crippen LogP contribution is -2.30. The number of fused-ring (bicyclic) bond motifs is 1. The molecule has 1 aromatic heterocycles. The fourth-order valence-corrected chi connectivity index (χ4v) is 3.84. The molecule has 3 aromatic rings. The molecule has 1 heterocycles. The van der Waals surface area contributed by atoms with Crippen LogP contribution in [0.25, 0.3) is 10.8 Å². The Labute approximate surface area is 164 Å². The highest BCUT2D eigenvalue weighted by Crippen LogP contribution is 2.24. The van der Waals surface area contributed by atoms with E-state index in [0.29, 0.717) is 23.7 Å². The molecule has 1 saturated carbocycles. The standard InChI is InChI=1S/C23H23N3O2/c27-22(19-12-5-10-17-9-3-4-11-18(17)19)26-20-13-6-14-24-21(20)23(28)25-15-16-7-1-2-8-16/h3-6,9-14,16H,1-2,7-8,15H2,(H,25,28)(H,26,27). The number of pyridine rings is 1. The van der Waals surface area contributed by atoms with Gasteiger partial charge >= 0.3 is 0 Å². The summed E-state index contributed by atoms with van der Waals surface area (Å²) in [6, 6.07) is 16.8. The van der Waals surface area contributed by atoms with Crippen LogP contribution >= 0.6 is 0 Å². The number of amides is 2. The summed E-state index contributed by atoms with van der Waals surface area (Å²) in [5.41, 5.74) is 1.23. The van der Waals surface area contributed by atoms with Gasteiger partial charge < -0.3 is 10.6 Å². The van der Waals surface area contributed by atoms with E-state index in [2.05, 4.69) is 15.6 Å². The molecule has 0 spiro atoms. The summed E-state index contributed by atoms with van der Waals surface area (Å²) in [7, 11) is 0. The zero-order chi connectivity index (χ0) is 19.3. The molecule has 0 atom stereocenters. The van der Waals surface area contributed by atoms with Gasteiger partial charge in [0.05, 0.1) is 5.69 Å². The van der Waals surface area contributed by atoms with Gasteiger partial charge in [0.25, 0.3) is 11.8 Å². The Morgan fingerprint density at radius 1 is 0.929 bits per heavy atom. The Bertz CT molecular complexity index is 1000. The van der Waals surface area contributed by atoms with E-state index in [1.54, 1.807) is 24.4 Å². The van der Waals surface area contributed by atoms with Gasteiger partial charge in [-0.2, -0.15) is 0 Å². The largest absolute Gasteiger partial charge is 0.350 e. The SMILES string of the molecule is O=C(NCC1CCCC1)c1ncccc1NC(=O)c1cccc2ccccc12.